The van der Waals surface area contributed by atoms with E-state index < -0.39 is 0 Å². The Bertz CT molecular complexity index is 809. The molecule has 5 heteroatoms. The molecule has 1 aliphatic rings. The number of phenols is 1. The van der Waals surface area contributed by atoms with Crippen molar-refractivity contribution >= 4 is 17.9 Å². The number of benzene rings is 2. The molecule has 134 valence electrons. The van der Waals surface area contributed by atoms with Gasteiger partial charge in [0.1, 0.15) is 11.4 Å². The topological polar surface area (TPSA) is 69.6 Å². The van der Waals surface area contributed by atoms with Crippen LogP contribution in [0.2, 0.25) is 0 Å². The second kappa shape index (κ2) is 8.34. The number of aromatic hydroxyl groups is 1. The monoisotopic (exact) mass is 350 g/mol. The van der Waals surface area contributed by atoms with Crippen molar-refractivity contribution in [1.29, 1.82) is 0 Å². The van der Waals surface area contributed by atoms with E-state index >= 15 is 0 Å². The van der Waals surface area contributed by atoms with Gasteiger partial charge in [0, 0.05) is 24.2 Å². The molecule has 0 radical (unpaired) electrons. The largest absolute Gasteiger partial charge is 0.507 e. The third-order valence-corrected chi connectivity index (χ3v) is 4.39. The standard InChI is InChI=1S/C21H22N2O3/c24-19-12-6-5-11-17(19)15-18(21(26)23-13-7-2-8-14-23)22-20(25)16-9-3-1-4-10-16/h1,3-6,9-12,15,24H,2,7-8,13-14H2,(H,22,25). The van der Waals surface area contributed by atoms with Gasteiger partial charge in [-0.2, -0.15) is 0 Å². The Morgan fingerprint density at radius 1 is 0.923 bits per heavy atom. The van der Waals surface area contributed by atoms with Crippen LogP contribution in [0.25, 0.3) is 6.08 Å². The maximum atomic E-state index is 12.9. The predicted octanol–water partition coefficient (Wildman–Crippen LogP) is 3.18. The lowest BCUT2D eigenvalue weighted by Gasteiger charge is -2.27. The number of hydrogen-bond acceptors (Lipinski definition) is 3. The molecule has 0 saturated carbocycles. The first-order valence-electron chi connectivity index (χ1n) is 8.80. The van der Waals surface area contributed by atoms with Gasteiger partial charge >= 0.3 is 0 Å². The highest BCUT2D eigenvalue weighted by Crippen LogP contribution is 2.20. The van der Waals surface area contributed by atoms with Gasteiger partial charge in [0.25, 0.3) is 11.8 Å². The van der Waals surface area contributed by atoms with Crippen molar-refractivity contribution in [2.45, 2.75) is 19.3 Å². The summed E-state index contributed by atoms with van der Waals surface area (Å²) in [6.45, 7) is 1.36. The summed E-state index contributed by atoms with van der Waals surface area (Å²) < 4.78 is 0. The van der Waals surface area contributed by atoms with Crippen LogP contribution in [0.15, 0.2) is 60.3 Å². The maximum Gasteiger partial charge on any atom is 0.270 e. The van der Waals surface area contributed by atoms with Crippen molar-refractivity contribution in [1.82, 2.24) is 10.2 Å². The molecule has 0 unspecified atom stereocenters. The highest BCUT2D eigenvalue weighted by molar-refractivity contribution is 6.05. The summed E-state index contributed by atoms with van der Waals surface area (Å²) in [4.78, 5) is 27.2. The van der Waals surface area contributed by atoms with Crippen LogP contribution in [0.1, 0.15) is 35.2 Å². The summed E-state index contributed by atoms with van der Waals surface area (Å²) >= 11 is 0. The maximum absolute atomic E-state index is 12.9. The minimum Gasteiger partial charge on any atom is -0.507 e. The SMILES string of the molecule is O=C(NC(=Cc1ccccc1O)C(=O)N1CCCCC1)c1ccccc1. The first-order chi connectivity index (χ1) is 12.6. The first kappa shape index (κ1) is 17.7. The Balaban J connectivity index is 1.89. The normalized spacial score (nSPS) is 14.8. The van der Waals surface area contributed by atoms with Gasteiger partial charge in [0.05, 0.1) is 0 Å². The van der Waals surface area contributed by atoms with E-state index in [1.165, 1.54) is 6.08 Å². The van der Waals surface area contributed by atoms with E-state index in [0.29, 0.717) is 24.2 Å². The van der Waals surface area contributed by atoms with Gasteiger partial charge in [-0.1, -0.05) is 36.4 Å². The van der Waals surface area contributed by atoms with E-state index in [4.69, 9.17) is 0 Å². The van der Waals surface area contributed by atoms with E-state index in [1.54, 1.807) is 53.4 Å². The van der Waals surface area contributed by atoms with Crippen molar-refractivity contribution in [3.05, 3.63) is 71.4 Å². The average Bonchev–Trinajstić information content (AvgIpc) is 2.70. The fourth-order valence-electron chi connectivity index (χ4n) is 2.97. The Morgan fingerprint density at radius 3 is 2.27 bits per heavy atom. The van der Waals surface area contributed by atoms with Crippen LogP contribution in [0.5, 0.6) is 5.75 Å². The van der Waals surface area contributed by atoms with E-state index in [2.05, 4.69) is 5.32 Å². The molecule has 1 saturated heterocycles. The molecule has 2 aromatic rings. The summed E-state index contributed by atoms with van der Waals surface area (Å²) in [5.74, 6) is -0.514. The number of carbonyl (C=O) groups is 2. The number of piperidine rings is 1. The molecule has 3 rings (SSSR count). The number of phenolic OH excluding ortho intramolecular Hbond substituents is 1. The lowest BCUT2D eigenvalue weighted by Crippen LogP contribution is -2.41. The van der Waals surface area contributed by atoms with Crippen LogP contribution >= 0.6 is 0 Å². The minimum absolute atomic E-state index is 0.0606. The third kappa shape index (κ3) is 4.30. The van der Waals surface area contributed by atoms with Gasteiger partial charge in [-0.05, 0) is 43.5 Å². The van der Waals surface area contributed by atoms with Crippen LogP contribution in [-0.2, 0) is 4.79 Å². The van der Waals surface area contributed by atoms with E-state index in [-0.39, 0.29) is 23.3 Å². The lowest BCUT2D eigenvalue weighted by atomic mass is 10.1. The summed E-state index contributed by atoms with van der Waals surface area (Å²) in [5.41, 5.74) is 1.13. The second-order valence-electron chi connectivity index (χ2n) is 6.29. The summed E-state index contributed by atoms with van der Waals surface area (Å²) in [6.07, 6.45) is 4.57. The zero-order valence-electron chi connectivity index (χ0n) is 14.5. The summed E-state index contributed by atoms with van der Waals surface area (Å²) in [5, 5.41) is 12.7. The van der Waals surface area contributed by atoms with Crippen LogP contribution in [0.4, 0.5) is 0 Å². The number of amides is 2. The first-order valence-corrected chi connectivity index (χ1v) is 8.80. The van der Waals surface area contributed by atoms with Gasteiger partial charge in [0.2, 0.25) is 0 Å². The summed E-state index contributed by atoms with van der Waals surface area (Å²) in [6, 6.07) is 15.5. The van der Waals surface area contributed by atoms with Crippen molar-refractivity contribution in [2.24, 2.45) is 0 Å². The van der Waals surface area contributed by atoms with Crippen molar-refractivity contribution in [3.8, 4) is 5.75 Å². The van der Waals surface area contributed by atoms with Crippen LogP contribution < -0.4 is 5.32 Å². The molecule has 0 bridgehead atoms. The molecule has 2 N–H and O–H groups in total. The molecule has 1 fully saturated rings. The quantitative estimate of drug-likeness (QED) is 0.832. The molecule has 2 amide bonds. The Kier molecular flexibility index (Phi) is 5.69. The second-order valence-corrected chi connectivity index (χ2v) is 6.29. The van der Waals surface area contributed by atoms with E-state index in [9.17, 15) is 14.7 Å². The third-order valence-electron chi connectivity index (χ3n) is 4.39. The lowest BCUT2D eigenvalue weighted by molar-refractivity contribution is -0.128. The van der Waals surface area contributed by atoms with Crippen molar-refractivity contribution in [3.63, 3.8) is 0 Å². The minimum atomic E-state index is -0.349. The number of likely N-dealkylation sites (tertiary alicyclic amines) is 1. The Labute approximate surface area is 153 Å². The van der Waals surface area contributed by atoms with Crippen LogP contribution in [0.3, 0.4) is 0 Å². The van der Waals surface area contributed by atoms with Gasteiger partial charge in [-0.25, -0.2) is 0 Å². The highest BCUT2D eigenvalue weighted by atomic mass is 16.3. The zero-order valence-corrected chi connectivity index (χ0v) is 14.5. The number of nitrogens with one attached hydrogen (secondary N) is 1. The molecule has 0 aliphatic carbocycles. The zero-order chi connectivity index (χ0) is 18.4. The van der Waals surface area contributed by atoms with Crippen LogP contribution in [0, 0.1) is 0 Å². The molecule has 0 spiro atoms. The molecule has 0 aromatic heterocycles. The molecule has 1 aliphatic heterocycles. The molecule has 26 heavy (non-hydrogen) atoms. The fraction of sp³-hybridized carbons (Fsp3) is 0.238. The molecule has 2 aromatic carbocycles. The van der Waals surface area contributed by atoms with E-state index in [1.807, 2.05) is 6.07 Å². The number of para-hydroxylation sites is 1. The van der Waals surface area contributed by atoms with E-state index in [0.717, 1.165) is 19.3 Å². The molecular formula is C21H22N2O3. The van der Waals surface area contributed by atoms with Crippen LogP contribution in [-0.4, -0.2) is 34.9 Å². The fourth-order valence-corrected chi connectivity index (χ4v) is 2.97. The average molecular weight is 350 g/mol. The van der Waals surface area contributed by atoms with Gasteiger partial charge in [-0.3, -0.25) is 9.59 Å². The van der Waals surface area contributed by atoms with Crippen molar-refractivity contribution < 1.29 is 14.7 Å². The number of nitrogens with zero attached hydrogens (tertiary/aromatic N) is 1. The predicted molar refractivity (Wildman–Crippen MR) is 100 cm³/mol. The number of carbonyl (C=O) groups excluding carboxylic acids is 2. The molecule has 0 atom stereocenters. The number of rotatable bonds is 4. The van der Waals surface area contributed by atoms with Gasteiger partial charge in [0.15, 0.2) is 0 Å². The molecular weight excluding hydrogens is 328 g/mol. The molecule has 5 nitrogen and oxygen atoms in total. The smallest absolute Gasteiger partial charge is 0.270 e. The Morgan fingerprint density at radius 2 is 1.58 bits per heavy atom. The van der Waals surface area contributed by atoms with Crippen molar-refractivity contribution in [2.75, 3.05) is 13.1 Å². The van der Waals surface area contributed by atoms with Gasteiger partial charge in [-0.15, -0.1) is 0 Å². The number of hydrogen-bond donors (Lipinski definition) is 2. The van der Waals surface area contributed by atoms with Gasteiger partial charge < -0.3 is 15.3 Å². The summed E-state index contributed by atoms with van der Waals surface area (Å²) in [7, 11) is 0. The molecule has 1 heterocycles. The highest BCUT2D eigenvalue weighted by Gasteiger charge is 2.22. The Hall–Kier alpha value is -3.08.